The fourth-order valence-electron chi connectivity index (χ4n) is 4.12. The van der Waals surface area contributed by atoms with Gasteiger partial charge in [0.1, 0.15) is 5.69 Å². The highest BCUT2D eigenvalue weighted by Crippen LogP contribution is 2.22. The number of hydrogen-bond acceptors (Lipinski definition) is 4. The quantitative estimate of drug-likeness (QED) is 0.334. The van der Waals surface area contributed by atoms with E-state index in [-0.39, 0.29) is 5.91 Å². The fraction of sp³-hybridized carbons (Fsp3) is 0.143. The lowest BCUT2D eigenvalue weighted by Gasteiger charge is -2.09. The van der Waals surface area contributed by atoms with Crippen molar-refractivity contribution in [1.82, 2.24) is 25.0 Å². The second kappa shape index (κ2) is 9.77. The van der Waals surface area contributed by atoms with E-state index in [1.54, 1.807) is 10.9 Å². The van der Waals surface area contributed by atoms with Gasteiger partial charge in [0.25, 0.3) is 5.91 Å². The Kier molecular flexibility index (Phi) is 6.22. The van der Waals surface area contributed by atoms with E-state index in [4.69, 9.17) is 0 Å². The van der Waals surface area contributed by atoms with Crippen LogP contribution in [0.1, 0.15) is 45.6 Å². The van der Waals surface area contributed by atoms with Gasteiger partial charge in [-0.15, -0.1) is 0 Å². The number of aromatic amines is 1. The molecule has 0 spiro atoms. The molecule has 0 radical (unpaired) electrons. The molecule has 0 saturated heterocycles. The van der Waals surface area contributed by atoms with Crippen LogP contribution in [0.5, 0.6) is 0 Å². The molecule has 0 atom stereocenters. The second-order valence-corrected chi connectivity index (χ2v) is 8.39. The standard InChI is InChI=1S/C28H26N6O/c1-3-34-27(15-19(2)33-34)28(35)30-23-9-6-7-20(17-23)16-21-10-12-24-25(31-32-26(24)18-21)13-11-22-8-4-5-14-29-22/h4-15,17-18H,3,16H2,1-2H3,(H,30,35)(H,31,32)/b13-11+. The monoisotopic (exact) mass is 462 g/mol. The van der Waals surface area contributed by atoms with Crippen molar-refractivity contribution in [1.29, 1.82) is 0 Å². The molecule has 0 aliphatic heterocycles. The predicted molar refractivity (Wildman–Crippen MR) is 139 cm³/mol. The molecular weight excluding hydrogens is 436 g/mol. The van der Waals surface area contributed by atoms with E-state index in [1.165, 1.54) is 0 Å². The fourth-order valence-corrected chi connectivity index (χ4v) is 4.12. The van der Waals surface area contributed by atoms with Gasteiger partial charge >= 0.3 is 0 Å². The maximum absolute atomic E-state index is 12.8. The van der Waals surface area contributed by atoms with Crippen molar-refractivity contribution in [3.05, 3.63) is 107 Å². The molecule has 7 nitrogen and oxygen atoms in total. The van der Waals surface area contributed by atoms with Crippen molar-refractivity contribution in [2.75, 3.05) is 5.32 Å². The molecule has 0 unspecified atom stereocenters. The summed E-state index contributed by atoms with van der Waals surface area (Å²) in [5.74, 6) is -0.158. The minimum Gasteiger partial charge on any atom is -0.321 e. The SMILES string of the molecule is CCn1nc(C)cc1C(=O)Nc1cccc(Cc2ccc3c(/C=C/c4ccccn4)n[nH]c3c2)c1. The Hall–Kier alpha value is -4.52. The van der Waals surface area contributed by atoms with Gasteiger partial charge in [0.2, 0.25) is 0 Å². The van der Waals surface area contributed by atoms with Gasteiger partial charge in [0.15, 0.2) is 0 Å². The molecule has 0 saturated carbocycles. The van der Waals surface area contributed by atoms with Gasteiger partial charge in [-0.05, 0) is 79.9 Å². The summed E-state index contributed by atoms with van der Waals surface area (Å²) >= 11 is 0. The summed E-state index contributed by atoms with van der Waals surface area (Å²) in [5, 5.41) is 16.0. The maximum atomic E-state index is 12.8. The Labute approximate surface area is 203 Å². The Morgan fingerprint density at radius 2 is 1.91 bits per heavy atom. The summed E-state index contributed by atoms with van der Waals surface area (Å²) in [6.07, 6.45) is 6.44. The van der Waals surface area contributed by atoms with E-state index in [0.29, 0.717) is 12.2 Å². The first-order valence-electron chi connectivity index (χ1n) is 11.6. The second-order valence-electron chi connectivity index (χ2n) is 8.39. The highest BCUT2D eigenvalue weighted by atomic mass is 16.2. The number of rotatable bonds is 7. The summed E-state index contributed by atoms with van der Waals surface area (Å²) in [5.41, 5.74) is 7.17. The van der Waals surface area contributed by atoms with Crippen molar-refractivity contribution in [2.24, 2.45) is 0 Å². The normalized spacial score (nSPS) is 11.4. The number of amides is 1. The van der Waals surface area contributed by atoms with E-state index in [0.717, 1.165) is 51.2 Å². The molecule has 2 N–H and O–H groups in total. The van der Waals surface area contributed by atoms with Crippen LogP contribution in [-0.2, 0) is 13.0 Å². The van der Waals surface area contributed by atoms with Crippen LogP contribution in [0.4, 0.5) is 5.69 Å². The lowest BCUT2D eigenvalue weighted by Crippen LogP contribution is -2.17. The Balaban J connectivity index is 1.31. The molecule has 3 heterocycles. The lowest BCUT2D eigenvalue weighted by atomic mass is 10.0. The molecule has 174 valence electrons. The zero-order valence-corrected chi connectivity index (χ0v) is 19.7. The van der Waals surface area contributed by atoms with Crippen molar-refractivity contribution < 1.29 is 4.79 Å². The van der Waals surface area contributed by atoms with Crippen molar-refractivity contribution in [2.45, 2.75) is 26.8 Å². The van der Waals surface area contributed by atoms with Crippen LogP contribution < -0.4 is 5.32 Å². The molecule has 5 rings (SSSR count). The molecule has 1 amide bonds. The Morgan fingerprint density at radius 3 is 2.74 bits per heavy atom. The first-order valence-corrected chi connectivity index (χ1v) is 11.6. The van der Waals surface area contributed by atoms with Gasteiger partial charge in [-0.25, -0.2) is 0 Å². The molecule has 7 heteroatoms. The van der Waals surface area contributed by atoms with Gasteiger partial charge in [0, 0.05) is 23.8 Å². The number of H-pyrrole nitrogens is 1. The summed E-state index contributed by atoms with van der Waals surface area (Å²) in [6, 6.07) is 21.9. The number of hydrogen-bond donors (Lipinski definition) is 2. The van der Waals surface area contributed by atoms with E-state index >= 15 is 0 Å². The Bertz CT molecular complexity index is 1510. The van der Waals surface area contributed by atoms with Crippen LogP contribution >= 0.6 is 0 Å². The number of fused-ring (bicyclic) bond motifs is 1. The number of nitrogens with one attached hydrogen (secondary N) is 2. The molecule has 35 heavy (non-hydrogen) atoms. The van der Waals surface area contributed by atoms with E-state index in [9.17, 15) is 4.79 Å². The average Bonchev–Trinajstić information content (AvgIpc) is 3.46. The molecular formula is C28H26N6O. The molecule has 0 fully saturated rings. The zero-order chi connectivity index (χ0) is 24.2. The minimum atomic E-state index is -0.158. The third-order valence-electron chi connectivity index (χ3n) is 5.78. The third kappa shape index (κ3) is 5.04. The largest absolute Gasteiger partial charge is 0.321 e. The minimum absolute atomic E-state index is 0.158. The third-order valence-corrected chi connectivity index (χ3v) is 5.78. The Morgan fingerprint density at radius 1 is 1.03 bits per heavy atom. The molecule has 5 aromatic rings. The number of carbonyl (C=O) groups excluding carboxylic acids is 1. The zero-order valence-electron chi connectivity index (χ0n) is 19.7. The van der Waals surface area contributed by atoms with Gasteiger partial charge in [-0.2, -0.15) is 10.2 Å². The van der Waals surface area contributed by atoms with Gasteiger partial charge in [-0.3, -0.25) is 19.6 Å². The number of aryl methyl sites for hydroxylation is 2. The predicted octanol–water partition coefficient (Wildman–Crippen LogP) is 5.50. The lowest BCUT2D eigenvalue weighted by molar-refractivity contribution is 0.101. The van der Waals surface area contributed by atoms with Crippen LogP contribution in [0, 0.1) is 6.92 Å². The van der Waals surface area contributed by atoms with Gasteiger partial charge < -0.3 is 5.32 Å². The van der Waals surface area contributed by atoms with Crippen LogP contribution in [0.15, 0.2) is 72.9 Å². The van der Waals surface area contributed by atoms with E-state index in [2.05, 4.69) is 49.9 Å². The number of aromatic nitrogens is 5. The molecule has 2 aromatic carbocycles. The number of carbonyl (C=O) groups is 1. The summed E-state index contributed by atoms with van der Waals surface area (Å²) < 4.78 is 1.72. The van der Waals surface area contributed by atoms with Crippen LogP contribution in [0.2, 0.25) is 0 Å². The molecule has 0 bridgehead atoms. The number of anilines is 1. The summed E-state index contributed by atoms with van der Waals surface area (Å²) in [7, 11) is 0. The van der Waals surface area contributed by atoms with Crippen LogP contribution in [0.25, 0.3) is 23.1 Å². The molecule has 0 aliphatic carbocycles. The van der Waals surface area contributed by atoms with Crippen LogP contribution in [0.3, 0.4) is 0 Å². The average molecular weight is 463 g/mol. The van der Waals surface area contributed by atoms with Crippen molar-refractivity contribution in [3.8, 4) is 0 Å². The van der Waals surface area contributed by atoms with E-state index in [1.807, 2.05) is 68.5 Å². The highest BCUT2D eigenvalue weighted by molar-refractivity contribution is 6.03. The van der Waals surface area contributed by atoms with Gasteiger partial charge in [0.05, 0.1) is 22.6 Å². The van der Waals surface area contributed by atoms with Crippen molar-refractivity contribution in [3.63, 3.8) is 0 Å². The van der Waals surface area contributed by atoms with Gasteiger partial charge in [-0.1, -0.05) is 30.3 Å². The number of benzene rings is 2. The first kappa shape index (κ1) is 22.3. The molecule has 3 aromatic heterocycles. The van der Waals surface area contributed by atoms with Crippen molar-refractivity contribution >= 4 is 34.6 Å². The van der Waals surface area contributed by atoms with Crippen LogP contribution in [-0.4, -0.2) is 30.9 Å². The molecule has 0 aliphatic rings. The summed E-state index contributed by atoms with van der Waals surface area (Å²) in [6.45, 7) is 4.51. The maximum Gasteiger partial charge on any atom is 0.273 e. The number of nitrogens with zero attached hydrogens (tertiary/aromatic N) is 4. The van der Waals surface area contributed by atoms with E-state index < -0.39 is 0 Å². The first-order chi connectivity index (χ1) is 17.1. The smallest absolute Gasteiger partial charge is 0.273 e. The topological polar surface area (TPSA) is 88.5 Å². The highest BCUT2D eigenvalue weighted by Gasteiger charge is 2.13. The number of pyridine rings is 1. The summed E-state index contributed by atoms with van der Waals surface area (Å²) in [4.78, 5) is 17.1.